The summed E-state index contributed by atoms with van der Waals surface area (Å²) < 4.78 is 5.62. The van der Waals surface area contributed by atoms with E-state index in [9.17, 15) is 29.1 Å². The predicted molar refractivity (Wildman–Crippen MR) is 182 cm³/mol. The zero-order valence-corrected chi connectivity index (χ0v) is 28.2. The average molecular weight is 672 g/mol. The fraction of sp³-hybridized carbons (Fsp3) is 0.486. The Morgan fingerprint density at radius 1 is 1.08 bits per heavy atom. The number of carboxylic acid groups (broad SMARTS) is 1. The van der Waals surface area contributed by atoms with Crippen LogP contribution >= 0.6 is 0 Å². The standard InChI is InChI=1S/C37H45N5O7/c1-5-24-19-37(24,33(45)46)40-31(43)28-18-25(21-42(28)32(44)30(36(2,3)4)39-35(48)49-26-15-9-10-16-26)41-20-23-14-11-17-27(29(23)38-34(41)47)22-12-7-6-8-13-22/h5-8,11-14,17,24-26,28,30H,1,9-10,15-16,18-21H2,2-4H3,(H,38,47)(H,39,48)(H,40,43)(H,45,46)/t24-,25-,28+,30+,37?/m1/s1. The number of amides is 5. The summed E-state index contributed by atoms with van der Waals surface area (Å²) in [7, 11) is 0. The molecule has 4 N–H and O–H groups in total. The maximum Gasteiger partial charge on any atom is 0.408 e. The Morgan fingerprint density at radius 2 is 1.80 bits per heavy atom. The minimum atomic E-state index is -1.51. The second-order valence-corrected chi connectivity index (χ2v) is 14.7. The number of nitrogens with one attached hydrogen (secondary N) is 3. The molecule has 1 saturated heterocycles. The molecule has 12 heteroatoms. The van der Waals surface area contributed by atoms with Crippen LogP contribution in [0.2, 0.25) is 0 Å². The number of nitrogens with zero attached hydrogens (tertiary/aromatic N) is 2. The second-order valence-electron chi connectivity index (χ2n) is 14.7. The Bertz CT molecular complexity index is 1650. The van der Waals surface area contributed by atoms with E-state index in [1.165, 1.54) is 11.0 Å². The number of hydrogen-bond acceptors (Lipinski definition) is 6. The van der Waals surface area contributed by atoms with Crippen molar-refractivity contribution in [3.05, 3.63) is 66.7 Å². The molecular formula is C37H45N5O7. The molecule has 1 unspecified atom stereocenters. The van der Waals surface area contributed by atoms with E-state index in [2.05, 4.69) is 22.5 Å². The summed E-state index contributed by atoms with van der Waals surface area (Å²) in [6.45, 7) is 9.39. The van der Waals surface area contributed by atoms with Crippen molar-refractivity contribution in [2.75, 3.05) is 11.9 Å². The van der Waals surface area contributed by atoms with Gasteiger partial charge in [0.25, 0.3) is 0 Å². The molecule has 6 rings (SSSR count). The van der Waals surface area contributed by atoms with Gasteiger partial charge in [-0.25, -0.2) is 14.4 Å². The molecule has 0 spiro atoms. The van der Waals surface area contributed by atoms with E-state index in [0.29, 0.717) is 5.69 Å². The topological polar surface area (TPSA) is 157 Å². The molecule has 0 radical (unpaired) electrons. The first kappa shape index (κ1) is 34.0. The number of rotatable bonds is 9. The zero-order valence-electron chi connectivity index (χ0n) is 28.2. The van der Waals surface area contributed by atoms with Crippen LogP contribution in [0.5, 0.6) is 0 Å². The van der Waals surface area contributed by atoms with E-state index >= 15 is 0 Å². The molecule has 5 atom stereocenters. The lowest BCUT2D eigenvalue weighted by Gasteiger charge is -2.36. The van der Waals surface area contributed by atoms with Crippen LogP contribution in [-0.4, -0.2) is 81.1 Å². The van der Waals surface area contributed by atoms with Gasteiger partial charge in [0.15, 0.2) is 0 Å². The number of aliphatic carboxylic acids is 1. The second kappa shape index (κ2) is 13.2. The first-order chi connectivity index (χ1) is 23.3. The third-order valence-corrected chi connectivity index (χ3v) is 10.4. The summed E-state index contributed by atoms with van der Waals surface area (Å²) in [5.74, 6) is -2.77. The Morgan fingerprint density at radius 3 is 2.43 bits per heavy atom. The van der Waals surface area contributed by atoms with Crippen molar-refractivity contribution in [2.24, 2.45) is 11.3 Å². The Kier molecular flexibility index (Phi) is 9.17. The molecule has 49 heavy (non-hydrogen) atoms. The van der Waals surface area contributed by atoms with Gasteiger partial charge in [-0.3, -0.25) is 9.59 Å². The monoisotopic (exact) mass is 671 g/mol. The molecule has 2 aromatic rings. The van der Waals surface area contributed by atoms with Crippen molar-refractivity contribution < 1.29 is 33.8 Å². The number of urea groups is 1. The number of anilines is 1. The molecule has 5 amide bonds. The molecule has 260 valence electrons. The van der Waals surface area contributed by atoms with Crippen molar-refractivity contribution in [2.45, 2.75) is 95.6 Å². The molecule has 0 aromatic heterocycles. The predicted octanol–water partition coefficient (Wildman–Crippen LogP) is 4.90. The minimum absolute atomic E-state index is 0.00887. The van der Waals surface area contributed by atoms with E-state index in [-0.39, 0.29) is 38.1 Å². The van der Waals surface area contributed by atoms with Gasteiger partial charge < -0.3 is 35.6 Å². The van der Waals surface area contributed by atoms with Crippen molar-refractivity contribution in [3.8, 4) is 11.1 Å². The normalized spacial score (nSPS) is 25.5. The van der Waals surface area contributed by atoms with Gasteiger partial charge in [0.1, 0.15) is 23.7 Å². The lowest BCUT2D eigenvalue weighted by molar-refractivity contribution is -0.146. The van der Waals surface area contributed by atoms with Crippen LogP contribution in [-0.2, 0) is 25.7 Å². The van der Waals surface area contributed by atoms with Gasteiger partial charge >= 0.3 is 18.1 Å². The summed E-state index contributed by atoms with van der Waals surface area (Å²) in [6, 6.07) is 12.5. The molecule has 4 aliphatic rings. The van der Waals surface area contributed by atoms with Crippen LogP contribution in [0.1, 0.15) is 64.9 Å². The van der Waals surface area contributed by atoms with Crippen LogP contribution in [0.3, 0.4) is 0 Å². The molecule has 2 heterocycles. The van der Waals surface area contributed by atoms with Gasteiger partial charge in [-0.2, -0.15) is 0 Å². The summed E-state index contributed by atoms with van der Waals surface area (Å²) in [6.07, 6.45) is 4.34. The van der Waals surface area contributed by atoms with Gasteiger partial charge in [0.2, 0.25) is 11.8 Å². The highest BCUT2D eigenvalue weighted by molar-refractivity contribution is 5.99. The van der Waals surface area contributed by atoms with Gasteiger partial charge in [-0.05, 0) is 55.1 Å². The van der Waals surface area contributed by atoms with E-state index in [1.54, 1.807) is 4.90 Å². The number of fused-ring (bicyclic) bond motifs is 1. The molecule has 2 saturated carbocycles. The molecule has 2 aliphatic heterocycles. The molecule has 2 aromatic carbocycles. The summed E-state index contributed by atoms with van der Waals surface area (Å²) >= 11 is 0. The number of hydrogen-bond donors (Lipinski definition) is 4. The number of carboxylic acids is 1. The highest BCUT2D eigenvalue weighted by Crippen LogP contribution is 2.45. The third kappa shape index (κ3) is 6.73. The zero-order chi connectivity index (χ0) is 35.1. The van der Waals surface area contributed by atoms with Gasteiger partial charge in [-0.1, -0.05) is 75.4 Å². The van der Waals surface area contributed by atoms with Crippen molar-refractivity contribution in [1.29, 1.82) is 0 Å². The van der Waals surface area contributed by atoms with Crippen molar-refractivity contribution >= 4 is 35.6 Å². The minimum Gasteiger partial charge on any atom is -0.479 e. The Hall–Kier alpha value is -4.87. The first-order valence-corrected chi connectivity index (χ1v) is 17.0. The number of carbonyl (C=O) groups excluding carboxylic acids is 4. The number of para-hydroxylation sites is 1. The number of alkyl carbamates (subject to hydrolysis) is 1. The molecule has 0 bridgehead atoms. The molecule has 12 nitrogen and oxygen atoms in total. The molecule has 3 fully saturated rings. The van der Waals surface area contributed by atoms with Crippen molar-refractivity contribution in [1.82, 2.24) is 20.4 Å². The summed E-state index contributed by atoms with van der Waals surface area (Å²) in [4.78, 5) is 70.4. The third-order valence-electron chi connectivity index (χ3n) is 10.4. The fourth-order valence-electron chi connectivity index (χ4n) is 7.44. The SMILES string of the molecule is C=C[C@@H]1CC1(NC(=O)[C@@H]1C[C@@H](N2Cc3cccc(-c4ccccc4)c3NC2=O)CN1C(=O)[C@H](NC(=O)OC1CCCC1)C(C)(C)C)C(=O)O. The van der Waals surface area contributed by atoms with Crippen LogP contribution in [0.4, 0.5) is 15.3 Å². The Balaban J connectivity index is 1.28. The largest absolute Gasteiger partial charge is 0.479 e. The maximum absolute atomic E-state index is 14.4. The Labute approximate surface area is 286 Å². The van der Waals surface area contributed by atoms with E-state index in [4.69, 9.17) is 4.74 Å². The van der Waals surface area contributed by atoms with Crippen LogP contribution in [0.15, 0.2) is 61.2 Å². The van der Waals surface area contributed by atoms with Crippen LogP contribution in [0.25, 0.3) is 11.1 Å². The lowest BCUT2D eigenvalue weighted by atomic mass is 9.85. The molecular weight excluding hydrogens is 626 g/mol. The van der Waals surface area contributed by atoms with Crippen LogP contribution in [0, 0.1) is 11.3 Å². The molecule has 2 aliphatic carbocycles. The number of likely N-dealkylation sites (tertiary alicyclic amines) is 1. The maximum atomic E-state index is 14.4. The highest BCUT2D eigenvalue weighted by Gasteiger charge is 2.61. The van der Waals surface area contributed by atoms with Gasteiger partial charge in [0, 0.05) is 24.6 Å². The fourth-order valence-corrected chi connectivity index (χ4v) is 7.44. The number of carbonyl (C=O) groups is 5. The van der Waals surface area contributed by atoms with Crippen LogP contribution < -0.4 is 16.0 Å². The van der Waals surface area contributed by atoms with E-state index in [1.807, 2.05) is 69.3 Å². The smallest absolute Gasteiger partial charge is 0.408 e. The van der Waals surface area contributed by atoms with E-state index < -0.39 is 58.9 Å². The van der Waals surface area contributed by atoms with E-state index in [0.717, 1.165) is 42.4 Å². The highest BCUT2D eigenvalue weighted by atomic mass is 16.6. The quantitative estimate of drug-likeness (QED) is 0.276. The van der Waals surface area contributed by atoms with Gasteiger partial charge in [-0.15, -0.1) is 6.58 Å². The number of ether oxygens (including phenoxy) is 1. The van der Waals surface area contributed by atoms with Crippen molar-refractivity contribution in [3.63, 3.8) is 0 Å². The number of benzene rings is 2. The summed E-state index contributed by atoms with van der Waals surface area (Å²) in [5.41, 5.74) is 1.16. The average Bonchev–Trinajstić information content (AvgIpc) is 3.35. The summed E-state index contributed by atoms with van der Waals surface area (Å²) in [5, 5.41) is 18.5. The van der Waals surface area contributed by atoms with Gasteiger partial charge in [0.05, 0.1) is 11.7 Å². The lowest BCUT2D eigenvalue weighted by Crippen LogP contribution is -2.59. The first-order valence-electron chi connectivity index (χ1n) is 17.0.